The van der Waals surface area contributed by atoms with Crippen LogP contribution in [0.1, 0.15) is 30.9 Å². The van der Waals surface area contributed by atoms with Crippen molar-refractivity contribution >= 4 is 23.2 Å². The first-order valence-corrected chi connectivity index (χ1v) is 7.46. The number of fused-ring (bicyclic) bond motifs is 1. The van der Waals surface area contributed by atoms with Crippen LogP contribution in [0.25, 0.3) is 0 Å². The second-order valence-corrected chi connectivity index (χ2v) is 6.07. The Morgan fingerprint density at radius 1 is 1.16 bits per heavy atom. The third-order valence-electron chi connectivity index (χ3n) is 3.98. The van der Waals surface area contributed by atoms with Gasteiger partial charge in [0.25, 0.3) is 0 Å². The van der Waals surface area contributed by atoms with E-state index in [1.807, 2.05) is 0 Å². The number of piperidine rings is 1. The largest absolute Gasteiger partial charge is 0.490 e. The lowest BCUT2D eigenvalue weighted by molar-refractivity contribution is -0.00429. The van der Waals surface area contributed by atoms with Gasteiger partial charge in [0.15, 0.2) is 0 Å². The van der Waals surface area contributed by atoms with Gasteiger partial charge in [-0.25, -0.2) is 0 Å². The molecule has 3 nitrogen and oxygen atoms in total. The topological polar surface area (TPSA) is 32.7 Å². The van der Waals surface area contributed by atoms with Crippen LogP contribution in [0.4, 0.5) is 0 Å². The summed E-state index contributed by atoms with van der Waals surface area (Å²) in [5.41, 5.74) is 0.708. The number of likely N-dealkylation sites (tertiary alicyclic amines) is 1. The summed E-state index contributed by atoms with van der Waals surface area (Å²) < 4.78 is 5.75. The minimum atomic E-state index is -0.585. The van der Waals surface area contributed by atoms with Gasteiger partial charge in [-0.1, -0.05) is 29.6 Å². The molecule has 5 heteroatoms. The number of nitrogens with zero attached hydrogens (tertiary/aromatic N) is 1. The van der Waals surface area contributed by atoms with Crippen molar-refractivity contribution in [2.75, 3.05) is 19.7 Å². The summed E-state index contributed by atoms with van der Waals surface area (Å²) in [6.07, 6.45) is 3.06. The Morgan fingerprint density at radius 3 is 2.63 bits per heavy atom. The van der Waals surface area contributed by atoms with Crippen LogP contribution in [-0.2, 0) is 0 Å². The Bertz CT molecular complexity index is 475. The molecule has 3 rings (SSSR count). The molecule has 0 bridgehead atoms. The molecule has 2 heterocycles. The van der Waals surface area contributed by atoms with Crippen molar-refractivity contribution in [2.45, 2.75) is 31.4 Å². The van der Waals surface area contributed by atoms with Crippen molar-refractivity contribution < 1.29 is 9.84 Å². The fourth-order valence-corrected chi connectivity index (χ4v) is 3.54. The van der Waals surface area contributed by atoms with Crippen LogP contribution in [0.5, 0.6) is 5.75 Å². The molecule has 0 aromatic heterocycles. The molecule has 2 aliphatic heterocycles. The molecule has 1 N–H and O–H groups in total. The summed E-state index contributed by atoms with van der Waals surface area (Å²) >= 11 is 12.1. The number of aliphatic hydroxyl groups excluding tert-OH is 1. The first-order valence-electron chi connectivity index (χ1n) is 6.70. The van der Waals surface area contributed by atoms with Crippen LogP contribution in [-0.4, -0.2) is 35.7 Å². The van der Waals surface area contributed by atoms with Gasteiger partial charge in [-0.05, 0) is 38.1 Å². The maximum absolute atomic E-state index is 10.6. The molecule has 1 saturated heterocycles. The minimum Gasteiger partial charge on any atom is -0.490 e. The summed E-state index contributed by atoms with van der Waals surface area (Å²) in [7, 11) is 0. The maximum Gasteiger partial charge on any atom is 0.143 e. The highest BCUT2D eigenvalue weighted by Gasteiger charge is 2.35. The predicted molar refractivity (Wildman–Crippen MR) is 76.1 cm³/mol. The quantitative estimate of drug-likeness (QED) is 0.864. The second kappa shape index (κ2) is 5.49. The van der Waals surface area contributed by atoms with E-state index in [0.717, 1.165) is 13.1 Å². The lowest BCUT2D eigenvalue weighted by Crippen LogP contribution is -2.48. The van der Waals surface area contributed by atoms with Gasteiger partial charge < -0.3 is 9.84 Å². The average Bonchev–Trinajstić information content (AvgIpc) is 2.41. The van der Waals surface area contributed by atoms with E-state index in [0.29, 0.717) is 28.0 Å². The highest BCUT2D eigenvalue weighted by Crippen LogP contribution is 2.41. The van der Waals surface area contributed by atoms with Gasteiger partial charge in [0.05, 0.1) is 11.1 Å². The van der Waals surface area contributed by atoms with Crippen LogP contribution in [0, 0.1) is 0 Å². The fourth-order valence-electron chi connectivity index (χ4n) is 2.97. The molecule has 1 fully saturated rings. The van der Waals surface area contributed by atoms with Gasteiger partial charge in [-0.15, -0.1) is 0 Å². The maximum atomic E-state index is 10.6. The van der Waals surface area contributed by atoms with E-state index in [1.54, 1.807) is 12.1 Å². The van der Waals surface area contributed by atoms with E-state index in [2.05, 4.69) is 4.90 Å². The number of rotatable bonds is 1. The molecule has 2 unspecified atom stereocenters. The number of hydrogen-bond donors (Lipinski definition) is 1. The van der Waals surface area contributed by atoms with E-state index >= 15 is 0 Å². The highest BCUT2D eigenvalue weighted by atomic mass is 35.5. The molecule has 1 aromatic rings. The summed E-state index contributed by atoms with van der Waals surface area (Å²) in [6, 6.07) is 3.40. The molecular weight excluding hydrogens is 285 g/mol. The SMILES string of the molecule is OC1c2cc(Cl)cc(Cl)c2OCC1N1CCCCC1. The Kier molecular flexibility index (Phi) is 3.90. The summed E-state index contributed by atoms with van der Waals surface area (Å²) in [5, 5.41) is 11.6. The van der Waals surface area contributed by atoms with Crippen LogP contribution >= 0.6 is 23.2 Å². The molecule has 0 amide bonds. The molecule has 19 heavy (non-hydrogen) atoms. The molecule has 0 radical (unpaired) electrons. The smallest absolute Gasteiger partial charge is 0.143 e. The minimum absolute atomic E-state index is 0.00216. The van der Waals surface area contributed by atoms with Crippen LogP contribution in [0.15, 0.2) is 12.1 Å². The van der Waals surface area contributed by atoms with Crippen LogP contribution in [0.3, 0.4) is 0 Å². The second-order valence-electron chi connectivity index (χ2n) is 5.23. The molecular formula is C14H17Cl2NO2. The van der Waals surface area contributed by atoms with Crippen molar-refractivity contribution in [3.05, 3.63) is 27.7 Å². The first-order chi connectivity index (χ1) is 9.16. The van der Waals surface area contributed by atoms with E-state index in [9.17, 15) is 5.11 Å². The first kappa shape index (κ1) is 13.5. The zero-order valence-corrected chi connectivity index (χ0v) is 12.1. The molecule has 1 aromatic carbocycles. The molecule has 0 aliphatic carbocycles. The third kappa shape index (κ3) is 2.57. The third-order valence-corrected chi connectivity index (χ3v) is 4.48. The number of hydrogen-bond acceptors (Lipinski definition) is 3. The number of ether oxygens (including phenoxy) is 1. The average molecular weight is 302 g/mol. The monoisotopic (exact) mass is 301 g/mol. The Morgan fingerprint density at radius 2 is 1.89 bits per heavy atom. The van der Waals surface area contributed by atoms with Gasteiger partial charge in [0.1, 0.15) is 18.5 Å². The van der Waals surface area contributed by atoms with Crippen LogP contribution < -0.4 is 4.74 Å². The standard InChI is InChI=1S/C14H17Cl2NO2/c15-9-6-10-13(18)12(17-4-2-1-3-5-17)8-19-14(10)11(16)7-9/h6-7,12-13,18H,1-5,8H2. The van der Waals surface area contributed by atoms with Crippen molar-refractivity contribution in [3.63, 3.8) is 0 Å². The molecule has 2 atom stereocenters. The highest BCUT2D eigenvalue weighted by molar-refractivity contribution is 6.35. The zero-order chi connectivity index (χ0) is 13.4. The Hall–Kier alpha value is -0.480. The van der Waals surface area contributed by atoms with Crippen LogP contribution in [0.2, 0.25) is 10.0 Å². The molecule has 0 saturated carbocycles. The summed E-state index contributed by atoms with van der Waals surface area (Å²) in [4.78, 5) is 2.31. The van der Waals surface area contributed by atoms with E-state index < -0.39 is 6.10 Å². The van der Waals surface area contributed by atoms with Crippen molar-refractivity contribution in [1.82, 2.24) is 4.90 Å². The summed E-state index contributed by atoms with van der Waals surface area (Å²) in [6.45, 7) is 2.53. The predicted octanol–water partition coefficient (Wildman–Crippen LogP) is 3.27. The van der Waals surface area contributed by atoms with Gasteiger partial charge in [0, 0.05) is 10.6 Å². The van der Waals surface area contributed by atoms with Crippen molar-refractivity contribution in [1.29, 1.82) is 0 Å². The van der Waals surface area contributed by atoms with Crippen molar-refractivity contribution in [2.24, 2.45) is 0 Å². The zero-order valence-electron chi connectivity index (χ0n) is 10.6. The van der Waals surface area contributed by atoms with E-state index in [4.69, 9.17) is 27.9 Å². The molecule has 2 aliphatic rings. The number of halogens is 2. The lowest BCUT2D eigenvalue weighted by atomic mass is 9.96. The fraction of sp³-hybridized carbons (Fsp3) is 0.571. The Balaban J connectivity index is 1.88. The number of benzene rings is 1. The molecule has 0 spiro atoms. The van der Waals surface area contributed by atoms with Crippen molar-refractivity contribution in [3.8, 4) is 5.75 Å². The van der Waals surface area contributed by atoms with E-state index in [-0.39, 0.29) is 6.04 Å². The van der Waals surface area contributed by atoms with Gasteiger partial charge >= 0.3 is 0 Å². The van der Waals surface area contributed by atoms with E-state index in [1.165, 1.54) is 19.3 Å². The van der Waals surface area contributed by atoms with Gasteiger partial charge in [-0.3, -0.25) is 4.90 Å². The normalized spacial score (nSPS) is 27.7. The summed E-state index contributed by atoms with van der Waals surface area (Å²) in [5.74, 6) is 0.576. The lowest BCUT2D eigenvalue weighted by Gasteiger charge is -2.40. The number of aliphatic hydroxyl groups is 1. The Labute approximate surface area is 123 Å². The van der Waals surface area contributed by atoms with Gasteiger partial charge in [-0.2, -0.15) is 0 Å². The van der Waals surface area contributed by atoms with Gasteiger partial charge in [0.2, 0.25) is 0 Å². The molecule has 104 valence electrons.